The minimum absolute atomic E-state index is 0.0746. The fraction of sp³-hybridized carbons (Fsp3) is 0.333. The second kappa shape index (κ2) is 12.5. The Kier molecular flexibility index (Phi) is 9.57. The number of nitrogens with zero attached hydrogens (tertiary/aromatic N) is 2. The van der Waals surface area contributed by atoms with E-state index in [1.807, 2.05) is 52.0 Å². The van der Waals surface area contributed by atoms with Gasteiger partial charge >= 0.3 is 0 Å². The van der Waals surface area contributed by atoms with Gasteiger partial charge in [-0.3, -0.25) is 13.9 Å². The van der Waals surface area contributed by atoms with Crippen LogP contribution in [-0.2, 0) is 26.2 Å². The van der Waals surface area contributed by atoms with E-state index in [4.69, 9.17) is 4.74 Å². The van der Waals surface area contributed by atoms with E-state index in [0.717, 1.165) is 27.6 Å². The lowest BCUT2D eigenvalue weighted by atomic mass is 10.1. The van der Waals surface area contributed by atoms with Gasteiger partial charge in [0.25, 0.3) is 10.0 Å². The van der Waals surface area contributed by atoms with Crippen molar-refractivity contribution >= 4 is 27.5 Å². The Morgan fingerprint density at radius 2 is 1.57 bits per heavy atom. The van der Waals surface area contributed by atoms with Crippen LogP contribution in [0.15, 0.2) is 77.7 Å². The van der Waals surface area contributed by atoms with Crippen LogP contribution in [0, 0.1) is 12.7 Å². The molecule has 0 bridgehead atoms. The maximum atomic E-state index is 13.9. The summed E-state index contributed by atoms with van der Waals surface area (Å²) in [6, 6.07) is 17.2. The molecule has 0 spiro atoms. The zero-order valence-electron chi connectivity index (χ0n) is 23.6. The minimum atomic E-state index is -4.27. The summed E-state index contributed by atoms with van der Waals surface area (Å²) in [5.74, 6) is -1.06. The molecule has 0 fully saturated rings. The number of carbonyl (C=O) groups excluding carboxylic acids is 2. The Labute approximate surface area is 235 Å². The summed E-state index contributed by atoms with van der Waals surface area (Å²) in [5.41, 5.74) is 1.30. The van der Waals surface area contributed by atoms with Gasteiger partial charge in [0.15, 0.2) is 0 Å². The molecule has 0 aliphatic carbocycles. The summed E-state index contributed by atoms with van der Waals surface area (Å²) < 4.78 is 47.5. The lowest BCUT2D eigenvalue weighted by Gasteiger charge is -2.33. The molecule has 0 aliphatic rings. The fourth-order valence-corrected chi connectivity index (χ4v) is 5.45. The minimum Gasteiger partial charge on any atom is -0.497 e. The molecule has 40 heavy (non-hydrogen) atoms. The zero-order chi connectivity index (χ0) is 29.7. The quantitative estimate of drug-likeness (QED) is 0.383. The van der Waals surface area contributed by atoms with Crippen molar-refractivity contribution in [2.75, 3.05) is 18.0 Å². The maximum Gasteiger partial charge on any atom is 0.264 e. The molecule has 2 amide bonds. The number of carbonyl (C=O) groups is 2. The Hall–Kier alpha value is -3.92. The van der Waals surface area contributed by atoms with Crippen LogP contribution in [0.2, 0.25) is 0 Å². The van der Waals surface area contributed by atoms with Crippen molar-refractivity contribution in [3.63, 3.8) is 0 Å². The zero-order valence-corrected chi connectivity index (χ0v) is 24.5. The number of anilines is 1. The number of methoxy groups -OCH3 is 1. The fourth-order valence-electron chi connectivity index (χ4n) is 4.04. The van der Waals surface area contributed by atoms with Crippen molar-refractivity contribution in [2.45, 2.75) is 57.6 Å². The van der Waals surface area contributed by atoms with Crippen LogP contribution in [-0.4, -0.2) is 50.4 Å². The van der Waals surface area contributed by atoms with Gasteiger partial charge in [-0.05, 0) is 94.3 Å². The molecule has 0 aliphatic heterocycles. The highest BCUT2D eigenvalue weighted by Gasteiger charge is 2.33. The van der Waals surface area contributed by atoms with Crippen molar-refractivity contribution in [1.82, 2.24) is 10.2 Å². The summed E-state index contributed by atoms with van der Waals surface area (Å²) in [6.07, 6.45) is 0. The standard InChI is InChI=1S/C30H36FN3O5S/c1-21-9-7-8-10-23(21)19-33(22(2)29(36)32-30(3,4)5)28(35)20-34(25-13-11-24(31)12-14-25)40(37,38)27-17-15-26(39-6)16-18-27/h7-18,22H,19-20H2,1-6H3,(H,32,36)/t22-/m0/s1. The average molecular weight is 570 g/mol. The molecule has 0 unspecified atom stereocenters. The first-order valence-electron chi connectivity index (χ1n) is 12.8. The molecular weight excluding hydrogens is 533 g/mol. The second-order valence-corrected chi connectivity index (χ2v) is 12.4. The van der Waals surface area contributed by atoms with Gasteiger partial charge in [0.2, 0.25) is 11.8 Å². The van der Waals surface area contributed by atoms with Crippen molar-refractivity contribution in [3.8, 4) is 5.75 Å². The third-order valence-corrected chi connectivity index (χ3v) is 8.10. The van der Waals surface area contributed by atoms with Crippen molar-refractivity contribution in [3.05, 3.63) is 89.7 Å². The Morgan fingerprint density at radius 1 is 0.975 bits per heavy atom. The topological polar surface area (TPSA) is 96.0 Å². The van der Waals surface area contributed by atoms with Gasteiger partial charge in [-0.1, -0.05) is 24.3 Å². The molecule has 0 aromatic heterocycles. The smallest absolute Gasteiger partial charge is 0.264 e. The molecule has 0 saturated heterocycles. The number of amides is 2. The van der Waals surface area contributed by atoms with E-state index in [1.54, 1.807) is 6.92 Å². The summed E-state index contributed by atoms with van der Waals surface area (Å²) in [6.45, 7) is 8.49. The third kappa shape index (κ3) is 7.59. The Balaban J connectivity index is 2.04. The van der Waals surface area contributed by atoms with Gasteiger partial charge in [-0.25, -0.2) is 12.8 Å². The first kappa shape index (κ1) is 30.6. The molecule has 3 aromatic rings. The van der Waals surface area contributed by atoms with E-state index in [-0.39, 0.29) is 23.0 Å². The molecule has 3 aromatic carbocycles. The molecule has 8 nitrogen and oxygen atoms in total. The summed E-state index contributed by atoms with van der Waals surface area (Å²) in [7, 11) is -2.80. The number of nitrogens with one attached hydrogen (secondary N) is 1. The molecule has 10 heteroatoms. The number of benzene rings is 3. The largest absolute Gasteiger partial charge is 0.497 e. The number of aryl methyl sites for hydroxylation is 1. The average Bonchev–Trinajstić information content (AvgIpc) is 2.90. The van der Waals surface area contributed by atoms with Crippen molar-refractivity contribution < 1.29 is 27.1 Å². The second-order valence-electron chi connectivity index (χ2n) is 10.5. The Morgan fingerprint density at radius 3 is 2.12 bits per heavy atom. The van der Waals surface area contributed by atoms with Crippen molar-refractivity contribution in [2.24, 2.45) is 0 Å². The number of ether oxygens (including phenoxy) is 1. The monoisotopic (exact) mass is 569 g/mol. The van der Waals surface area contributed by atoms with Gasteiger partial charge in [-0.2, -0.15) is 0 Å². The van der Waals surface area contributed by atoms with Crippen LogP contribution in [0.5, 0.6) is 5.75 Å². The van der Waals surface area contributed by atoms with Gasteiger partial charge in [-0.15, -0.1) is 0 Å². The number of rotatable bonds is 10. The van der Waals surface area contributed by atoms with Crippen LogP contribution >= 0.6 is 0 Å². The maximum absolute atomic E-state index is 13.9. The molecule has 0 heterocycles. The van der Waals surface area contributed by atoms with Gasteiger partial charge in [0, 0.05) is 12.1 Å². The van der Waals surface area contributed by atoms with E-state index < -0.39 is 39.9 Å². The highest BCUT2D eigenvalue weighted by molar-refractivity contribution is 7.92. The number of sulfonamides is 1. The highest BCUT2D eigenvalue weighted by Crippen LogP contribution is 2.26. The first-order valence-corrected chi connectivity index (χ1v) is 14.3. The Bertz CT molecular complexity index is 1440. The SMILES string of the molecule is COc1ccc(S(=O)(=O)N(CC(=O)N(Cc2ccccc2C)[C@@H](C)C(=O)NC(C)(C)C)c2ccc(F)cc2)cc1. The predicted octanol–water partition coefficient (Wildman–Crippen LogP) is 4.67. The van der Waals surface area contributed by atoms with Crippen LogP contribution < -0.4 is 14.4 Å². The first-order chi connectivity index (χ1) is 18.7. The van der Waals surface area contributed by atoms with Gasteiger partial charge in [0.05, 0.1) is 17.7 Å². The number of hydrogen-bond donors (Lipinski definition) is 1. The van der Waals surface area contributed by atoms with E-state index in [9.17, 15) is 22.4 Å². The van der Waals surface area contributed by atoms with Crippen molar-refractivity contribution in [1.29, 1.82) is 0 Å². The highest BCUT2D eigenvalue weighted by atomic mass is 32.2. The van der Waals surface area contributed by atoms with Crippen LogP contribution in [0.4, 0.5) is 10.1 Å². The molecular formula is C30H36FN3O5S. The van der Waals surface area contributed by atoms with Gasteiger partial charge < -0.3 is 15.0 Å². The van der Waals surface area contributed by atoms with Crippen LogP contribution in [0.1, 0.15) is 38.8 Å². The molecule has 0 radical (unpaired) electrons. The van der Waals surface area contributed by atoms with Gasteiger partial charge in [0.1, 0.15) is 24.2 Å². The molecule has 214 valence electrons. The summed E-state index contributed by atoms with van der Waals surface area (Å²) >= 11 is 0. The van der Waals surface area contributed by atoms with E-state index in [1.165, 1.54) is 48.4 Å². The molecule has 3 rings (SSSR count). The van der Waals surface area contributed by atoms with E-state index >= 15 is 0 Å². The number of halogens is 1. The molecule has 0 saturated carbocycles. The molecule has 1 atom stereocenters. The summed E-state index contributed by atoms with van der Waals surface area (Å²) in [5, 5.41) is 2.89. The lowest BCUT2D eigenvalue weighted by Crippen LogP contribution is -2.54. The number of hydrogen-bond acceptors (Lipinski definition) is 5. The predicted molar refractivity (Wildman–Crippen MR) is 153 cm³/mol. The van der Waals surface area contributed by atoms with E-state index in [0.29, 0.717) is 5.75 Å². The third-order valence-electron chi connectivity index (χ3n) is 6.31. The summed E-state index contributed by atoms with van der Waals surface area (Å²) in [4.78, 5) is 28.4. The normalized spacial score (nSPS) is 12.4. The lowest BCUT2D eigenvalue weighted by molar-refractivity contribution is -0.140. The van der Waals surface area contributed by atoms with Crippen LogP contribution in [0.3, 0.4) is 0 Å². The van der Waals surface area contributed by atoms with E-state index in [2.05, 4.69) is 5.32 Å². The molecule has 1 N–H and O–H groups in total. The van der Waals surface area contributed by atoms with Crippen LogP contribution in [0.25, 0.3) is 0 Å².